The highest BCUT2D eigenvalue weighted by molar-refractivity contribution is 5.88. The summed E-state index contributed by atoms with van der Waals surface area (Å²) >= 11 is 0. The van der Waals surface area contributed by atoms with Gasteiger partial charge in [0.15, 0.2) is 24.1 Å². The number of cyclic esters (lactones) is 1. The predicted molar refractivity (Wildman–Crippen MR) is 291 cm³/mol. The van der Waals surface area contributed by atoms with Crippen molar-refractivity contribution in [2.45, 2.75) is 193 Å². The zero-order valence-corrected chi connectivity index (χ0v) is 49.4. The van der Waals surface area contributed by atoms with Crippen molar-refractivity contribution in [2.24, 2.45) is 28.8 Å². The Bertz CT molecular complexity index is 2030. The fourth-order valence-electron chi connectivity index (χ4n) is 12.0. The number of rotatable bonds is 19. The summed E-state index contributed by atoms with van der Waals surface area (Å²) in [6.45, 7) is 26.7. The average molecular weight is 1100 g/mol. The number of piperazine rings is 1. The molecule has 0 aliphatic carbocycles. The van der Waals surface area contributed by atoms with E-state index in [9.17, 15) is 25.2 Å². The topological polar surface area (TPSA) is 222 Å². The Morgan fingerprint density at radius 1 is 0.805 bits per heavy atom. The molecule has 0 bridgehead atoms. The third-order valence-corrected chi connectivity index (χ3v) is 17.2. The molecule has 0 saturated carbocycles. The van der Waals surface area contributed by atoms with Gasteiger partial charge in [-0.25, -0.2) is 0 Å². The van der Waals surface area contributed by atoms with Crippen LogP contribution >= 0.6 is 0 Å². The lowest BCUT2D eigenvalue weighted by Gasteiger charge is -2.50. The highest BCUT2D eigenvalue weighted by Gasteiger charge is 2.54. The van der Waals surface area contributed by atoms with Crippen molar-refractivity contribution in [1.82, 2.24) is 14.7 Å². The molecule has 0 spiro atoms. The van der Waals surface area contributed by atoms with Gasteiger partial charge in [-0.3, -0.25) is 14.6 Å². The van der Waals surface area contributed by atoms with E-state index in [1.807, 2.05) is 34.7 Å². The van der Waals surface area contributed by atoms with Gasteiger partial charge in [0, 0.05) is 83.7 Å². The fourth-order valence-corrected chi connectivity index (χ4v) is 12.0. The highest BCUT2D eigenvalue weighted by Crippen LogP contribution is 2.43. The van der Waals surface area contributed by atoms with Gasteiger partial charge >= 0.3 is 5.97 Å². The number of esters is 1. The van der Waals surface area contributed by atoms with Gasteiger partial charge in [0.25, 0.3) is 0 Å². The third-order valence-electron chi connectivity index (χ3n) is 17.2. The van der Waals surface area contributed by atoms with Crippen LogP contribution in [0, 0.1) is 23.7 Å². The van der Waals surface area contributed by atoms with E-state index in [1.54, 1.807) is 53.9 Å². The normalized spacial score (nSPS) is 39.1. The molecular formula is C57H98N4O16. The molecule has 4 aliphatic rings. The summed E-state index contributed by atoms with van der Waals surface area (Å²) in [6, 6.07) is 3.14. The Morgan fingerprint density at radius 2 is 1.43 bits per heavy atom. The van der Waals surface area contributed by atoms with Crippen LogP contribution in [0.4, 0.5) is 0 Å². The second kappa shape index (κ2) is 28.5. The van der Waals surface area contributed by atoms with Crippen molar-refractivity contribution in [3.05, 3.63) is 29.8 Å². The van der Waals surface area contributed by atoms with Crippen molar-refractivity contribution < 1.29 is 77.4 Å². The first-order valence-electron chi connectivity index (χ1n) is 27.8. The van der Waals surface area contributed by atoms with Gasteiger partial charge in [0.2, 0.25) is 5.75 Å². The molecule has 0 unspecified atom stereocenters. The summed E-state index contributed by atoms with van der Waals surface area (Å²) < 4.78 is 62.5. The van der Waals surface area contributed by atoms with E-state index in [-0.39, 0.29) is 38.0 Å². The average Bonchev–Trinajstić information content (AvgIpc) is 3.43. The van der Waals surface area contributed by atoms with Crippen LogP contribution in [0.1, 0.15) is 107 Å². The molecule has 0 aromatic heterocycles. The summed E-state index contributed by atoms with van der Waals surface area (Å²) in [4.78, 5) is 28.0. The molecule has 18 atom stereocenters. The maximum absolute atomic E-state index is 14.8. The Kier molecular flexibility index (Phi) is 23.9. The van der Waals surface area contributed by atoms with Gasteiger partial charge in [-0.2, -0.15) is 0 Å². The second-order valence-corrected chi connectivity index (χ2v) is 22.7. The molecule has 77 heavy (non-hydrogen) atoms. The molecule has 442 valence electrons. The number of nitrogens with zero attached hydrogens (tertiary/aromatic N) is 4. The predicted octanol–water partition coefficient (Wildman–Crippen LogP) is 5.03. The van der Waals surface area contributed by atoms with Crippen LogP contribution in [0.25, 0.3) is 0 Å². The van der Waals surface area contributed by atoms with Gasteiger partial charge < -0.3 is 77.5 Å². The molecule has 0 radical (unpaired) electrons. The molecular weight excluding hydrogens is 997 g/mol. The largest absolute Gasteiger partial charge is 0.493 e. The van der Waals surface area contributed by atoms with E-state index in [1.165, 1.54) is 35.4 Å². The number of carbonyl (C=O) groups is 1. The Labute approximate surface area is 459 Å². The number of carbonyl (C=O) groups excluding carboxylic acids is 1. The Morgan fingerprint density at radius 3 is 2.00 bits per heavy atom. The first kappa shape index (κ1) is 64.6. The summed E-state index contributed by atoms with van der Waals surface area (Å²) in [6.07, 6.45) is -4.75. The molecule has 1 aromatic carbocycles. The first-order chi connectivity index (χ1) is 36.4. The quantitative estimate of drug-likeness (QED) is 0.0810. The molecule has 4 aliphatic heterocycles. The van der Waals surface area contributed by atoms with Crippen LogP contribution in [-0.2, 0) is 49.4 Å². The van der Waals surface area contributed by atoms with E-state index < -0.39 is 102 Å². The zero-order valence-electron chi connectivity index (χ0n) is 49.4. The minimum Gasteiger partial charge on any atom is -0.493 e. The number of benzene rings is 1. The summed E-state index contributed by atoms with van der Waals surface area (Å²) in [5.74, 6) is -2.68. The van der Waals surface area contributed by atoms with E-state index in [4.69, 9.17) is 57.4 Å². The molecule has 4 heterocycles. The van der Waals surface area contributed by atoms with Gasteiger partial charge in [-0.1, -0.05) is 51.9 Å². The number of oxime groups is 1. The van der Waals surface area contributed by atoms with Crippen LogP contribution < -0.4 is 14.2 Å². The maximum Gasteiger partial charge on any atom is 0.311 e. The smallest absolute Gasteiger partial charge is 0.311 e. The number of likely N-dealkylation sites (N-methyl/N-ethyl adjacent to an activating group) is 2. The number of ether oxygens (including phenoxy) is 10. The summed E-state index contributed by atoms with van der Waals surface area (Å²) in [5, 5.41) is 53.0. The van der Waals surface area contributed by atoms with E-state index in [0.29, 0.717) is 41.5 Å². The SMILES string of the molecule is CC[C@H]1OC(=O)[C@H](C)[C@@H](O[C@H]2C[C@@](C)(OC)[C@@H](O)[C@H](C)O2)[C@H](C)[C@@H](O[C@@H]2O[C@H](C)C[C@H](N(C)C/C=C/CN3CCN(CC)CC3)[C@H]2O)[C@@](C)(OC)C[C@@H](C)/C(=N\OCc2cc(OC)c(OC)c(OC)c2)[C@H](C)[C@@H](O)[C@]1(C)O. The minimum absolute atomic E-state index is 0.0413. The third kappa shape index (κ3) is 15.4. The summed E-state index contributed by atoms with van der Waals surface area (Å²) in [5.41, 5.74) is -3.32. The first-order valence-corrected chi connectivity index (χ1v) is 27.8. The number of hydrogen-bond acceptors (Lipinski definition) is 20. The minimum atomic E-state index is -1.99. The van der Waals surface area contributed by atoms with Crippen LogP contribution in [0.5, 0.6) is 17.2 Å². The number of methoxy groups -OCH3 is 5. The van der Waals surface area contributed by atoms with Gasteiger partial charge in [-0.15, -0.1) is 0 Å². The second-order valence-electron chi connectivity index (χ2n) is 22.7. The standard InChI is InChI=1S/C57H98N4O16/c1-18-44-57(11,66)50(63)36(5)46(58-72-33-40-29-42(67-13)49(69-15)43(30-40)68-14)34(3)31-56(10,71-17)52(37(6)48(38(7)53(65)75-44)76-45-32-55(9,70-16)51(64)39(8)74-45)77-54-47(62)41(28-35(4)73-54)59(12)22-20-21-23-61-26-24-60(19-2)25-27-61/h20-21,29-30,34-39,41,44-45,47-48,50-52,54,62-64,66H,18-19,22-28,31-33H2,1-17H3/b21-20+,58-46+/t34-,35-,36+,37+,38-,39+,41+,44-,45+,47-,48+,50-,51+,52-,54+,55-,56+,57-/m1/s1. The lowest BCUT2D eigenvalue weighted by molar-refractivity contribution is -0.319. The van der Waals surface area contributed by atoms with E-state index in [0.717, 1.165) is 39.3 Å². The molecule has 4 N–H and O–H groups in total. The fraction of sp³-hybridized carbons (Fsp3) is 0.825. The zero-order chi connectivity index (χ0) is 57.2. The lowest BCUT2D eigenvalue weighted by atomic mass is 9.73. The highest BCUT2D eigenvalue weighted by atomic mass is 16.7. The van der Waals surface area contributed by atoms with Gasteiger partial charge in [0.05, 0.1) is 74.7 Å². The van der Waals surface area contributed by atoms with Crippen molar-refractivity contribution in [3.63, 3.8) is 0 Å². The van der Waals surface area contributed by atoms with Crippen LogP contribution in [0.15, 0.2) is 29.4 Å². The van der Waals surface area contributed by atoms with Crippen LogP contribution in [-0.4, -0.2) is 219 Å². The van der Waals surface area contributed by atoms with Gasteiger partial charge in [-0.05, 0) is 92.1 Å². The molecule has 20 heteroatoms. The van der Waals surface area contributed by atoms with E-state index in [2.05, 4.69) is 33.8 Å². The summed E-state index contributed by atoms with van der Waals surface area (Å²) in [7, 11) is 9.65. The number of aliphatic hydroxyl groups excluding tert-OH is 3. The number of aliphatic hydroxyl groups is 4. The molecule has 4 fully saturated rings. The molecule has 0 amide bonds. The number of hydrogen-bond donors (Lipinski definition) is 4. The van der Waals surface area contributed by atoms with E-state index >= 15 is 0 Å². The molecule has 20 nitrogen and oxygen atoms in total. The Balaban J connectivity index is 1.58. The van der Waals surface area contributed by atoms with Crippen molar-refractivity contribution in [3.8, 4) is 17.2 Å². The van der Waals surface area contributed by atoms with Crippen molar-refractivity contribution in [2.75, 3.05) is 88.4 Å². The molecule has 5 rings (SSSR count). The van der Waals surface area contributed by atoms with Gasteiger partial charge in [0.1, 0.15) is 30.5 Å². The molecule has 1 aromatic rings. The Hall–Kier alpha value is -3.22. The molecule has 4 saturated heterocycles. The lowest BCUT2D eigenvalue weighted by Crippen LogP contribution is -2.61. The monoisotopic (exact) mass is 1090 g/mol. The van der Waals surface area contributed by atoms with Crippen molar-refractivity contribution in [1.29, 1.82) is 0 Å². The van der Waals surface area contributed by atoms with Crippen LogP contribution in [0.3, 0.4) is 0 Å². The maximum atomic E-state index is 14.8. The van der Waals surface area contributed by atoms with Crippen molar-refractivity contribution >= 4 is 11.7 Å². The van der Waals surface area contributed by atoms with Crippen LogP contribution in [0.2, 0.25) is 0 Å².